The third-order valence-electron chi connectivity index (χ3n) is 5.72. The molecule has 0 aromatic rings. The van der Waals surface area contributed by atoms with Crippen LogP contribution < -0.4 is 5.32 Å². The predicted molar refractivity (Wildman–Crippen MR) is 90.4 cm³/mol. The number of likely N-dealkylation sites (tertiary alicyclic amines) is 1. The van der Waals surface area contributed by atoms with Crippen molar-refractivity contribution in [1.29, 1.82) is 0 Å². The van der Waals surface area contributed by atoms with Crippen LogP contribution in [0, 0.1) is 5.41 Å². The topological polar surface area (TPSA) is 41.6 Å². The first-order valence-corrected chi connectivity index (χ1v) is 8.84. The highest BCUT2D eigenvalue weighted by molar-refractivity contribution is 5.85. The molecular weight excluding hydrogens is 300 g/mol. The van der Waals surface area contributed by atoms with Crippen molar-refractivity contribution in [3.63, 3.8) is 0 Å². The molecule has 2 atom stereocenters. The van der Waals surface area contributed by atoms with E-state index in [0.717, 1.165) is 26.2 Å². The molecule has 2 aliphatic heterocycles. The van der Waals surface area contributed by atoms with Crippen LogP contribution in [-0.2, 0) is 9.53 Å². The van der Waals surface area contributed by atoms with Crippen LogP contribution in [0.15, 0.2) is 0 Å². The summed E-state index contributed by atoms with van der Waals surface area (Å²) in [5.74, 6) is 0.269. The molecule has 128 valence electrons. The number of amides is 1. The number of carbonyl (C=O) groups excluding carboxylic acids is 1. The maximum Gasteiger partial charge on any atom is 0.242 e. The minimum atomic E-state index is -0.139. The maximum atomic E-state index is 12.9. The largest absolute Gasteiger partial charge is 0.375 e. The summed E-state index contributed by atoms with van der Waals surface area (Å²) in [6.07, 6.45) is 10.6. The van der Waals surface area contributed by atoms with Crippen LogP contribution in [0.1, 0.15) is 58.3 Å². The lowest BCUT2D eigenvalue weighted by atomic mass is 9.74. The van der Waals surface area contributed by atoms with E-state index in [2.05, 4.69) is 10.2 Å². The summed E-state index contributed by atoms with van der Waals surface area (Å²) in [5.41, 5.74) is 0.420. The van der Waals surface area contributed by atoms with E-state index < -0.39 is 0 Å². The van der Waals surface area contributed by atoms with Gasteiger partial charge in [-0.15, -0.1) is 12.4 Å². The molecule has 2 saturated heterocycles. The van der Waals surface area contributed by atoms with Gasteiger partial charge in [0, 0.05) is 19.6 Å². The number of halogens is 1. The first-order valence-electron chi connectivity index (χ1n) is 8.84. The molecule has 0 aromatic carbocycles. The summed E-state index contributed by atoms with van der Waals surface area (Å²) < 4.78 is 5.65. The fourth-order valence-corrected chi connectivity index (χ4v) is 4.49. The number of ether oxygens (including phenoxy) is 1. The lowest BCUT2D eigenvalue weighted by Crippen LogP contribution is -2.59. The van der Waals surface area contributed by atoms with Crippen LogP contribution in [0.4, 0.5) is 0 Å². The molecule has 0 bridgehead atoms. The van der Waals surface area contributed by atoms with E-state index in [1.165, 1.54) is 51.4 Å². The van der Waals surface area contributed by atoms with Gasteiger partial charge in [0.15, 0.2) is 0 Å². The molecule has 0 unspecified atom stereocenters. The zero-order valence-electron chi connectivity index (χ0n) is 13.8. The van der Waals surface area contributed by atoms with E-state index in [1.807, 2.05) is 6.92 Å². The van der Waals surface area contributed by atoms with Gasteiger partial charge in [0.05, 0.1) is 12.7 Å². The third-order valence-corrected chi connectivity index (χ3v) is 5.72. The van der Waals surface area contributed by atoms with Gasteiger partial charge in [-0.05, 0) is 38.0 Å². The monoisotopic (exact) mass is 330 g/mol. The Morgan fingerprint density at radius 3 is 2.50 bits per heavy atom. The number of carbonyl (C=O) groups is 1. The zero-order valence-corrected chi connectivity index (χ0v) is 14.6. The number of nitrogens with one attached hydrogen (secondary N) is 1. The van der Waals surface area contributed by atoms with Crippen LogP contribution in [0.25, 0.3) is 0 Å². The van der Waals surface area contributed by atoms with Gasteiger partial charge in [-0.25, -0.2) is 0 Å². The highest BCUT2D eigenvalue weighted by Gasteiger charge is 2.40. The van der Waals surface area contributed by atoms with Gasteiger partial charge in [0.25, 0.3) is 0 Å². The first-order chi connectivity index (χ1) is 10.2. The Kier molecular flexibility index (Phi) is 6.54. The summed E-state index contributed by atoms with van der Waals surface area (Å²) in [4.78, 5) is 15.0. The number of nitrogens with zero attached hydrogens (tertiary/aromatic N) is 1. The van der Waals surface area contributed by atoms with Crippen LogP contribution >= 0.6 is 12.4 Å². The minimum Gasteiger partial charge on any atom is -0.375 e. The Hall–Kier alpha value is -0.320. The molecule has 0 aromatic heterocycles. The zero-order chi connectivity index (χ0) is 14.7. The quantitative estimate of drug-likeness (QED) is 0.803. The molecule has 3 fully saturated rings. The second-order valence-electron chi connectivity index (χ2n) is 7.29. The molecule has 1 N–H and O–H groups in total. The molecule has 3 aliphatic rings. The van der Waals surface area contributed by atoms with Crippen molar-refractivity contribution in [2.24, 2.45) is 5.41 Å². The summed E-state index contributed by atoms with van der Waals surface area (Å²) in [5, 5.41) is 3.35. The molecule has 0 radical (unpaired) electrons. The van der Waals surface area contributed by atoms with E-state index in [1.54, 1.807) is 0 Å². The third kappa shape index (κ3) is 3.95. The Morgan fingerprint density at radius 1 is 1.14 bits per heavy atom. The Bertz CT molecular complexity index is 370. The highest BCUT2D eigenvalue weighted by atomic mass is 35.5. The molecule has 2 heterocycles. The average molecular weight is 331 g/mol. The van der Waals surface area contributed by atoms with Gasteiger partial charge in [-0.2, -0.15) is 0 Å². The van der Waals surface area contributed by atoms with E-state index in [4.69, 9.17) is 4.74 Å². The van der Waals surface area contributed by atoms with Crippen molar-refractivity contribution < 1.29 is 9.53 Å². The summed E-state index contributed by atoms with van der Waals surface area (Å²) in [6, 6.07) is -0.139. The Morgan fingerprint density at radius 2 is 1.82 bits per heavy atom. The average Bonchev–Trinajstić information content (AvgIpc) is 2.73. The second-order valence-corrected chi connectivity index (χ2v) is 7.29. The molecular formula is C17H31ClN2O2. The summed E-state index contributed by atoms with van der Waals surface area (Å²) in [7, 11) is 0. The van der Waals surface area contributed by atoms with Crippen LogP contribution in [0.2, 0.25) is 0 Å². The standard InChI is InChI=1S/C17H30N2O2.ClH/c1-14-15(18-10-12-21-14)16(20)19-11-6-9-17(13-19)7-4-2-3-5-8-17;/h14-15,18H,2-13H2,1H3;1H/t14-,15+;/m1./s1. The molecule has 22 heavy (non-hydrogen) atoms. The number of morpholine rings is 1. The molecule has 1 amide bonds. The molecule has 5 heteroatoms. The van der Waals surface area contributed by atoms with Gasteiger partial charge >= 0.3 is 0 Å². The highest BCUT2D eigenvalue weighted by Crippen LogP contribution is 2.42. The smallest absolute Gasteiger partial charge is 0.242 e. The summed E-state index contributed by atoms with van der Waals surface area (Å²) >= 11 is 0. The molecule has 1 saturated carbocycles. The fraction of sp³-hybridized carbons (Fsp3) is 0.941. The van der Waals surface area contributed by atoms with Gasteiger partial charge < -0.3 is 15.0 Å². The number of rotatable bonds is 1. The van der Waals surface area contributed by atoms with Crippen molar-refractivity contribution >= 4 is 18.3 Å². The van der Waals surface area contributed by atoms with Gasteiger partial charge in [-0.1, -0.05) is 25.7 Å². The van der Waals surface area contributed by atoms with Crippen molar-refractivity contribution in [2.45, 2.75) is 70.4 Å². The maximum absolute atomic E-state index is 12.9. The van der Waals surface area contributed by atoms with Crippen LogP contribution in [-0.4, -0.2) is 49.2 Å². The van der Waals surface area contributed by atoms with Gasteiger partial charge in [0.1, 0.15) is 6.04 Å². The molecule has 1 spiro atoms. The lowest BCUT2D eigenvalue weighted by molar-refractivity contribution is -0.143. The predicted octanol–water partition coefficient (Wildman–Crippen LogP) is 2.75. The van der Waals surface area contributed by atoms with Gasteiger partial charge in [0.2, 0.25) is 5.91 Å². The lowest BCUT2D eigenvalue weighted by Gasteiger charge is -2.44. The summed E-state index contributed by atoms with van der Waals surface area (Å²) in [6.45, 7) is 5.44. The van der Waals surface area contributed by atoms with Crippen molar-refractivity contribution in [3.05, 3.63) is 0 Å². The van der Waals surface area contributed by atoms with Crippen molar-refractivity contribution in [1.82, 2.24) is 10.2 Å². The van der Waals surface area contributed by atoms with E-state index in [9.17, 15) is 4.79 Å². The van der Waals surface area contributed by atoms with E-state index >= 15 is 0 Å². The Labute approximate surface area is 140 Å². The fourth-order valence-electron chi connectivity index (χ4n) is 4.49. The SMILES string of the molecule is C[C@H]1OCCN[C@@H]1C(=O)N1CCCC2(CCCCCC2)C1.Cl. The number of hydrogen-bond donors (Lipinski definition) is 1. The van der Waals surface area contributed by atoms with Crippen LogP contribution in [0.3, 0.4) is 0 Å². The Balaban J connectivity index is 0.00000176. The van der Waals surface area contributed by atoms with E-state index in [0.29, 0.717) is 5.41 Å². The minimum absolute atomic E-state index is 0. The molecule has 3 rings (SSSR count). The van der Waals surface area contributed by atoms with E-state index in [-0.39, 0.29) is 30.5 Å². The number of piperidine rings is 1. The normalized spacial score (nSPS) is 32.1. The van der Waals surface area contributed by atoms with Crippen molar-refractivity contribution in [3.8, 4) is 0 Å². The van der Waals surface area contributed by atoms with Gasteiger partial charge in [-0.3, -0.25) is 4.79 Å². The number of hydrogen-bond acceptors (Lipinski definition) is 3. The molecule has 4 nitrogen and oxygen atoms in total. The molecule has 1 aliphatic carbocycles. The second kappa shape index (κ2) is 7.98. The van der Waals surface area contributed by atoms with Crippen molar-refractivity contribution in [2.75, 3.05) is 26.2 Å². The van der Waals surface area contributed by atoms with Crippen LogP contribution in [0.5, 0.6) is 0 Å². The first kappa shape index (κ1) is 18.0.